The van der Waals surface area contributed by atoms with Crippen LogP contribution < -0.4 is 5.73 Å². The van der Waals surface area contributed by atoms with Crippen molar-refractivity contribution < 1.29 is 22.4 Å². The van der Waals surface area contributed by atoms with Gasteiger partial charge >= 0.3 is 6.18 Å². The van der Waals surface area contributed by atoms with Crippen molar-refractivity contribution in [3.63, 3.8) is 0 Å². The molecule has 2 N–H and O–H groups in total. The molecule has 0 atom stereocenters. The van der Waals surface area contributed by atoms with Gasteiger partial charge in [-0.3, -0.25) is 4.79 Å². The summed E-state index contributed by atoms with van der Waals surface area (Å²) in [4.78, 5) is 10.7. The number of hydrogen-bond acceptors (Lipinski definition) is 1. The second kappa shape index (κ2) is 3.88. The molecule has 0 aliphatic carbocycles. The summed E-state index contributed by atoms with van der Waals surface area (Å²) < 4.78 is 48.6. The molecule has 0 unspecified atom stereocenters. The van der Waals surface area contributed by atoms with Crippen molar-refractivity contribution in [1.82, 2.24) is 0 Å². The quantitative estimate of drug-likeness (QED) is 0.761. The molecule has 1 rings (SSSR count). The molecule has 1 aromatic rings. The normalized spacial score (nSPS) is 11.5. The third kappa shape index (κ3) is 3.23. The zero-order chi connectivity index (χ0) is 11.6. The van der Waals surface area contributed by atoms with Crippen molar-refractivity contribution in [3.8, 4) is 0 Å². The predicted octanol–water partition coefficient (Wildman–Crippen LogP) is 2.04. The molecule has 0 bridgehead atoms. The summed E-state index contributed by atoms with van der Waals surface area (Å²) in [5, 5.41) is 0. The van der Waals surface area contributed by atoms with Gasteiger partial charge in [-0.25, -0.2) is 4.39 Å². The molecule has 0 aliphatic heterocycles. The fourth-order valence-electron chi connectivity index (χ4n) is 1.04. The molecule has 0 fully saturated rings. The highest BCUT2D eigenvalue weighted by molar-refractivity contribution is 5.94. The van der Waals surface area contributed by atoms with Gasteiger partial charge in [0, 0.05) is 5.56 Å². The van der Waals surface area contributed by atoms with E-state index in [0.29, 0.717) is 6.07 Å². The first-order valence-corrected chi connectivity index (χ1v) is 3.81. The van der Waals surface area contributed by atoms with E-state index in [1.165, 1.54) is 0 Å². The van der Waals surface area contributed by atoms with Gasteiger partial charge < -0.3 is 5.73 Å². The molecule has 0 saturated carbocycles. The number of halogens is 4. The zero-order valence-corrected chi connectivity index (χ0v) is 7.31. The minimum Gasteiger partial charge on any atom is -0.366 e. The Morgan fingerprint density at radius 2 is 1.93 bits per heavy atom. The zero-order valence-electron chi connectivity index (χ0n) is 7.31. The Hall–Kier alpha value is -1.59. The fourth-order valence-corrected chi connectivity index (χ4v) is 1.04. The number of alkyl halides is 3. The maximum atomic E-state index is 12.6. The molecule has 0 heterocycles. The first kappa shape index (κ1) is 11.5. The smallest absolute Gasteiger partial charge is 0.366 e. The van der Waals surface area contributed by atoms with Crippen LogP contribution in [0.2, 0.25) is 0 Å². The van der Waals surface area contributed by atoms with E-state index in [9.17, 15) is 22.4 Å². The lowest BCUT2D eigenvalue weighted by Gasteiger charge is -2.08. The number of primary amides is 1. The second-order valence-corrected chi connectivity index (χ2v) is 2.78. The number of amides is 1. The molecular formula is C9H6F4NO. The number of rotatable bonds is 2. The number of carbonyl (C=O) groups is 1. The van der Waals surface area contributed by atoms with Gasteiger partial charge in [-0.05, 0) is 17.7 Å². The Morgan fingerprint density at radius 1 is 1.33 bits per heavy atom. The average Bonchev–Trinajstić information content (AvgIpc) is 2.05. The van der Waals surface area contributed by atoms with Crippen LogP contribution in [0, 0.1) is 12.2 Å². The highest BCUT2D eigenvalue weighted by atomic mass is 19.4. The van der Waals surface area contributed by atoms with E-state index in [0.717, 1.165) is 12.1 Å². The Bertz CT molecular complexity index is 386. The molecule has 0 aliphatic rings. The van der Waals surface area contributed by atoms with Crippen molar-refractivity contribution in [1.29, 1.82) is 0 Å². The van der Waals surface area contributed by atoms with Crippen LogP contribution in [0.3, 0.4) is 0 Å². The highest BCUT2D eigenvalue weighted by Crippen LogP contribution is 2.25. The van der Waals surface area contributed by atoms with E-state index < -0.39 is 29.0 Å². The standard InChI is InChI=1S/C9H6F4NO/c10-6-2-1-5(4-9(11,12)13)7(3-6)8(14)15/h1-4H,(H2,14,15). The topological polar surface area (TPSA) is 43.1 Å². The molecule has 81 valence electrons. The van der Waals surface area contributed by atoms with Gasteiger partial charge in [0.2, 0.25) is 5.91 Å². The molecule has 6 heteroatoms. The summed E-state index contributed by atoms with van der Waals surface area (Å²) >= 11 is 0. The lowest BCUT2D eigenvalue weighted by molar-refractivity contribution is -0.0928. The Balaban J connectivity index is 3.12. The molecular weight excluding hydrogens is 214 g/mol. The number of hydrogen-bond donors (Lipinski definition) is 1. The van der Waals surface area contributed by atoms with Gasteiger partial charge in [-0.15, -0.1) is 0 Å². The van der Waals surface area contributed by atoms with Crippen LogP contribution in [0.25, 0.3) is 0 Å². The largest absolute Gasteiger partial charge is 0.396 e. The van der Waals surface area contributed by atoms with Crippen LogP contribution in [0.4, 0.5) is 17.6 Å². The number of benzene rings is 1. The van der Waals surface area contributed by atoms with Gasteiger partial charge in [-0.2, -0.15) is 13.2 Å². The molecule has 0 saturated heterocycles. The van der Waals surface area contributed by atoms with E-state index in [1.54, 1.807) is 0 Å². The van der Waals surface area contributed by atoms with Gasteiger partial charge in [0.05, 0.1) is 6.42 Å². The van der Waals surface area contributed by atoms with Crippen LogP contribution in [-0.4, -0.2) is 12.1 Å². The molecule has 0 spiro atoms. The van der Waals surface area contributed by atoms with E-state index in [-0.39, 0.29) is 6.42 Å². The van der Waals surface area contributed by atoms with Gasteiger partial charge in [0.25, 0.3) is 0 Å². The second-order valence-electron chi connectivity index (χ2n) is 2.78. The SMILES string of the molecule is NC(=O)c1cc(F)ccc1[CH]C(F)(F)F. The van der Waals surface area contributed by atoms with Crippen LogP contribution in [0.1, 0.15) is 15.9 Å². The van der Waals surface area contributed by atoms with Gasteiger partial charge in [-0.1, -0.05) is 6.07 Å². The molecule has 0 aromatic heterocycles. The van der Waals surface area contributed by atoms with Crippen LogP contribution in [-0.2, 0) is 0 Å². The minimum atomic E-state index is -4.58. The van der Waals surface area contributed by atoms with E-state index in [1.807, 2.05) is 0 Å². The first-order chi connectivity index (χ1) is 6.79. The minimum absolute atomic E-state index is 0.105. The summed E-state index contributed by atoms with van der Waals surface area (Å²) in [6.45, 7) is 0. The van der Waals surface area contributed by atoms with Gasteiger partial charge in [0.15, 0.2) is 0 Å². The van der Waals surface area contributed by atoms with Crippen LogP contribution in [0.15, 0.2) is 18.2 Å². The average molecular weight is 220 g/mol. The lowest BCUT2D eigenvalue weighted by Crippen LogP contribution is -2.17. The van der Waals surface area contributed by atoms with Gasteiger partial charge in [0.1, 0.15) is 5.82 Å². The van der Waals surface area contributed by atoms with E-state index >= 15 is 0 Å². The molecule has 1 radical (unpaired) electrons. The summed E-state index contributed by atoms with van der Waals surface area (Å²) in [7, 11) is 0. The van der Waals surface area contributed by atoms with E-state index in [2.05, 4.69) is 0 Å². The van der Waals surface area contributed by atoms with E-state index in [4.69, 9.17) is 5.73 Å². The van der Waals surface area contributed by atoms with Crippen molar-refractivity contribution >= 4 is 5.91 Å². The number of carbonyl (C=O) groups excluding carboxylic acids is 1. The maximum Gasteiger partial charge on any atom is 0.396 e. The molecule has 1 amide bonds. The first-order valence-electron chi connectivity index (χ1n) is 3.81. The highest BCUT2D eigenvalue weighted by Gasteiger charge is 2.30. The van der Waals surface area contributed by atoms with Crippen molar-refractivity contribution in [2.45, 2.75) is 6.18 Å². The summed E-state index contributed by atoms with van der Waals surface area (Å²) in [6.07, 6.45) is -4.69. The molecule has 15 heavy (non-hydrogen) atoms. The molecule has 2 nitrogen and oxygen atoms in total. The Kier molecular flexibility index (Phi) is 2.97. The third-order valence-corrected chi connectivity index (χ3v) is 1.60. The summed E-state index contributed by atoms with van der Waals surface area (Å²) in [5.74, 6) is -1.92. The van der Waals surface area contributed by atoms with Crippen molar-refractivity contribution in [2.75, 3.05) is 0 Å². The summed E-state index contributed by atoms with van der Waals surface area (Å²) in [6, 6.07) is 2.34. The predicted molar refractivity (Wildman–Crippen MR) is 44.4 cm³/mol. The lowest BCUT2D eigenvalue weighted by atomic mass is 10.0. The molecule has 1 aromatic carbocycles. The van der Waals surface area contributed by atoms with Crippen molar-refractivity contribution in [2.24, 2.45) is 5.73 Å². The Labute approximate surface area is 82.7 Å². The van der Waals surface area contributed by atoms with Crippen LogP contribution >= 0.6 is 0 Å². The third-order valence-electron chi connectivity index (χ3n) is 1.60. The monoisotopic (exact) mass is 220 g/mol. The number of nitrogens with two attached hydrogens (primary N) is 1. The maximum absolute atomic E-state index is 12.6. The van der Waals surface area contributed by atoms with Crippen LogP contribution in [0.5, 0.6) is 0 Å². The van der Waals surface area contributed by atoms with Crippen molar-refractivity contribution in [3.05, 3.63) is 41.6 Å². The summed E-state index contributed by atoms with van der Waals surface area (Å²) in [5.41, 5.74) is 3.87. The fraction of sp³-hybridized carbons (Fsp3) is 0.111. The Morgan fingerprint density at radius 3 is 2.40 bits per heavy atom.